The van der Waals surface area contributed by atoms with Gasteiger partial charge in [-0.15, -0.1) is 0 Å². The average Bonchev–Trinajstić information content (AvgIpc) is 2.62. The Morgan fingerprint density at radius 2 is 1.65 bits per heavy atom. The molecular weight excluding hydrogens is 344 g/mol. The van der Waals surface area contributed by atoms with Crippen molar-refractivity contribution in [3.63, 3.8) is 0 Å². The molecule has 1 saturated carbocycles. The summed E-state index contributed by atoms with van der Waals surface area (Å²) in [7, 11) is -0.678. The lowest BCUT2D eigenvalue weighted by molar-refractivity contribution is -0.128. The van der Waals surface area contributed by atoms with Gasteiger partial charge in [-0.2, -0.15) is 0 Å². The van der Waals surface area contributed by atoms with Crippen LogP contribution in [-0.2, 0) is 28.4 Å². The summed E-state index contributed by atoms with van der Waals surface area (Å²) in [6, 6.07) is 4.36. The van der Waals surface area contributed by atoms with Crippen molar-refractivity contribution in [3.05, 3.63) is 34.4 Å². The van der Waals surface area contributed by atoms with Crippen LogP contribution in [0.25, 0.3) is 0 Å². The van der Waals surface area contributed by atoms with E-state index in [1.54, 1.807) is 0 Å². The first kappa shape index (κ1) is 19.8. The zero-order valence-corrected chi connectivity index (χ0v) is 17.1. The lowest BCUT2D eigenvalue weighted by atomic mass is 9.68. The van der Waals surface area contributed by atoms with Crippen LogP contribution in [-0.4, -0.2) is 32.7 Å². The molecule has 0 spiro atoms. The maximum absolute atomic E-state index is 13.1. The molecule has 3 atom stereocenters. The van der Waals surface area contributed by atoms with Crippen molar-refractivity contribution in [3.8, 4) is 0 Å². The second-order valence-electron chi connectivity index (χ2n) is 8.10. The van der Waals surface area contributed by atoms with Crippen molar-refractivity contribution >= 4 is 16.6 Å². The molecule has 1 aromatic rings. The van der Waals surface area contributed by atoms with Crippen molar-refractivity contribution in [1.82, 2.24) is 0 Å². The number of aliphatic hydroxyl groups excluding tert-OH is 1. The molecular formula is C22H32O3S. The molecule has 1 heterocycles. The Bertz CT molecular complexity index is 662. The van der Waals surface area contributed by atoms with E-state index in [0.29, 0.717) is 18.8 Å². The lowest BCUT2D eigenvalue weighted by Gasteiger charge is -2.39. The highest BCUT2D eigenvalue weighted by atomic mass is 32.2. The fourth-order valence-corrected chi connectivity index (χ4v) is 6.40. The number of carbonyl (C=O) groups excluding carboxylic acids is 1. The standard InChI is InChI=1S/C22H32O3S/c1-4-15-10-14(3)11-16(5-2)21(15)22-19(23)12-18(13-20(22)24)17-6-8-26(25)9-7-17/h10-11,17-19,22-23H,4-9,12-13H2,1-3H3. The molecule has 1 aliphatic carbocycles. The predicted octanol–water partition coefficient (Wildman–Crippen LogP) is 3.70. The second-order valence-corrected chi connectivity index (χ2v) is 9.80. The third-order valence-corrected chi connectivity index (χ3v) is 7.79. The summed E-state index contributed by atoms with van der Waals surface area (Å²) in [5.41, 5.74) is 4.76. The summed E-state index contributed by atoms with van der Waals surface area (Å²) in [4.78, 5) is 13.1. The fraction of sp³-hybridized carbons (Fsp3) is 0.682. The van der Waals surface area contributed by atoms with E-state index in [9.17, 15) is 14.1 Å². The van der Waals surface area contributed by atoms with E-state index in [1.165, 1.54) is 16.7 Å². The van der Waals surface area contributed by atoms with Crippen LogP contribution < -0.4 is 0 Å². The molecule has 2 aliphatic rings. The van der Waals surface area contributed by atoms with Crippen LogP contribution in [0.5, 0.6) is 0 Å². The van der Waals surface area contributed by atoms with Crippen molar-refractivity contribution < 1.29 is 14.1 Å². The summed E-state index contributed by atoms with van der Waals surface area (Å²) in [5, 5.41) is 11.0. The Balaban J connectivity index is 1.85. The van der Waals surface area contributed by atoms with Crippen LogP contribution in [0.3, 0.4) is 0 Å². The highest BCUT2D eigenvalue weighted by Crippen LogP contribution is 2.42. The average molecular weight is 377 g/mol. The predicted molar refractivity (Wildman–Crippen MR) is 107 cm³/mol. The summed E-state index contributed by atoms with van der Waals surface area (Å²) < 4.78 is 11.6. The summed E-state index contributed by atoms with van der Waals surface area (Å²) in [6.45, 7) is 6.36. The van der Waals surface area contributed by atoms with E-state index < -0.39 is 16.9 Å². The Labute approximate surface area is 160 Å². The van der Waals surface area contributed by atoms with E-state index in [2.05, 4.69) is 32.9 Å². The maximum Gasteiger partial charge on any atom is 0.143 e. The van der Waals surface area contributed by atoms with Gasteiger partial charge in [0.25, 0.3) is 0 Å². The monoisotopic (exact) mass is 376 g/mol. The van der Waals surface area contributed by atoms with Crippen LogP contribution in [0.15, 0.2) is 12.1 Å². The molecule has 26 heavy (non-hydrogen) atoms. The molecule has 0 radical (unpaired) electrons. The van der Waals surface area contributed by atoms with Crippen molar-refractivity contribution in [2.24, 2.45) is 11.8 Å². The van der Waals surface area contributed by atoms with Crippen LogP contribution in [0.4, 0.5) is 0 Å². The normalized spacial score (nSPS) is 32.6. The van der Waals surface area contributed by atoms with E-state index in [4.69, 9.17) is 0 Å². The van der Waals surface area contributed by atoms with Gasteiger partial charge in [0, 0.05) is 28.7 Å². The van der Waals surface area contributed by atoms with E-state index in [1.807, 2.05) is 0 Å². The maximum atomic E-state index is 13.1. The zero-order valence-electron chi connectivity index (χ0n) is 16.3. The Hall–Kier alpha value is -1.00. The number of hydrogen-bond donors (Lipinski definition) is 1. The molecule has 3 rings (SSSR count). The minimum Gasteiger partial charge on any atom is -0.392 e. The molecule has 0 bridgehead atoms. The smallest absolute Gasteiger partial charge is 0.143 e. The minimum absolute atomic E-state index is 0.202. The first-order chi connectivity index (χ1) is 12.4. The molecule has 3 nitrogen and oxygen atoms in total. The first-order valence-corrected chi connectivity index (χ1v) is 11.6. The van der Waals surface area contributed by atoms with Gasteiger partial charge >= 0.3 is 0 Å². The highest BCUT2D eigenvalue weighted by Gasteiger charge is 2.41. The van der Waals surface area contributed by atoms with Gasteiger partial charge in [-0.05, 0) is 67.6 Å². The third-order valence-electron chi connectivity index (χ3n) is 6.41. The van der Waals surface area contributed by atoms with Crippen LogP contribution in [0.2, 0.25) is 0 Å². The topological polar surface area (TPSA) is 54.4 Å². The Morgan fingerprint density at radius 3 is 2.15 bits per heavy atom. The van der Waals surface area contributed by atoms with Crippen molar-refractivity contribution in [2.45, 2.75) is 71.3 Å². The Kier molecular flexibility index (Phi) is 6.34. The van der Waals surface area contributed by atoms with Crippen molar-refractivity contribution in [1.29, 1.82) is 0 Å². The van der Waals surface area contributed by atoms with Gasteiger partial charge in [0.15, 0.2) is 0 Å². The van der Waals surface area contributed by atoms with Crippen LogP contribution in [0.1, 0.15) is 67.7 Å². The number of aryl methyl sites for hydroxylation is 3. The van der Waals surface area contributed by atoms with Crippen LogP contribution in [0, 0.1) is 18.8 Å². The molecule has 1 saturated heterocycles. The van der Waals surface area contributed by atoms with E-state index in [0.717, 1.165) is 42.8 Å². The molecule has 0 amide bonds. The number of benzene rings is 1. The number of rotatable bonds is 4. The molecule has 1 N–H and O–H groups in total. The third kappa shape index (κ3) is 3.96. The van der Waals surface area contributed by atoms with Gasteiger partial charge in [0.2, 0.25) is 0 Å². The minimum atomic E-state index is -0.678. The second kappa shape index (κ2) is 8.35. The van der Waals surface area contributed by atoms with Gasteiger partial charge in [0.1, 0.15) is 5.78 Å². The van der Waals surface area contributed by atoms with E-state index in [-0.39, 0.29) is 17.6 Å². The largest absolute Gasteiger partial charge is 0.392 e. The molecule has 1 aliphatic heterocycles. The molecule has 2 fully saturated rings. The molecule has 3 unspecified atom stereocenters. The number of aliphatic hydroxyl groups is 1. The SMILES string of the molecule is CCc1cc(C)cc(CC)c1C1C(=O)CC(C2CCS(=O)CC2)CC1O. The lowest BCUT2D eigenvalue weighted by Crippen LogP contribution is -2.40. The van der Waals surface area contributed by atoms with E-state index >= 15 is 0 Å². The quantitative estimate of drug-likeness (QED) is 0.872. The first-order valence-electron chi connectivity index (χ1n) is 10.1. The van der Waals surface area contributed by atoms with Gasteiger partial charge < -0.3 is 5.11 Å². The van der Waals surface area contributed by atoms with Gasteiger partial charge in [0.05, 0.1) is 12.0 Å². The van der Waals surface area contributed by atoms with Gasteiger partial charge in [-0.25, -0.2) is 0 Å². The summed E-state index contributed by atoms with van der Waals surface area (Å²) in [5.74, 6) is 2.05. The number of ketones is 1. The molecule has 0 aromatic heterocycles. The summed E-state index contributed by atoms with van der Waals surface area (Å²) >= 11 is 0. The summed E-state index contributed by atoms with van der Waals surface area (Å²) in [6.07, 6.45) is 4.33. The number of Topliss-reactive ketones (excluding diaryl/α,β-unsaturated/α-hetero) is 1. The molecule has 1 aromatic carbocycles. The van der Waals surface area contributed by atoms with Gasteiger partial charge in [-0.3, -0.25) is 9.00 Å². The highest BCUT2D eigenvalue weighted by molar-refractivity contribution is 7.85. The van der Waals surface area contributed by atoms with Gasteiger partial charge in [-0.1, -0.05) is 31.5 Å². The molecule has 144 valence electrons. The Morgan fingerprint density at radius 1 is 1.08 bits per heavy atom. The number of hydrogen-bond acceptors (Lipinski definition) is 3. The number of carbonyl (C=O) groups is 1. The van der Waals surface area contributed by atoms with Crippen LogP contribution >= 0.6 is 0 Å². The fourth-order valence-electron chi connectivity index (χ4n) is 5.06. The van der Waals surface area contributed by atoms with Crippen molar-refractivity contribution in [2.75, 3.05) is 11.5 Å². The zero-order chi connectivity index (χ0) is 18.8. The molecule has 4 heteroatoms.